The van der Waals surface area contributed by atoms with Crippen molar-refractivity contribution in [1.29, 1.82) is 0 Å². The van der Waals surface area contributed by atoms with Gasteiger partial charge in [0.05, 0.1) is 72.6 Å². The molecule has 0 spiro atoms. The lowest BCUT2D eigenvalue weighted by molar-refractivity contribution is -0.417. The van der Waals surface area contributed by atoms with Gasteiger partial charge in [-0.1, -0.05) is 0 Å². The van der Waals surface area contributed by atoms with Crippen molar-refractivity contribution < 1.29 is 262 Å². The molecule has 0 aromatic heterocycles. The second-order valence-corrected chi connectivity index (χ2v) is 29.3. The minimum Gasteiger partial charge on any atom is -0.394 e. The Bertz CT molecular complexity index is 2970. The normalized spacial score (nSPS) is 51.7. The van der Waals surface area contributed by atoms with Crippen LogP contribution in [0.2, 0.25) is 0 Å². The van der Waals surface area contributed by atoms with E-state index in [-0.39, 0.29) is 0 Å². The van der Waals surface area contributed by atoms with Gasteiger partial charge >= 0.3 is 0 Å². The predicted octanol–water partition coefficient (Wildman–Crippen LogP) is -22.2. The van der Waals surface area contributed by atoms with E-state index in [2.05, 4.69) is 0 Å². The summed E-state index contributed by atoms with van der Waals surface area (Å²) in [5, 5.41) is 343. The van der Waals surface area contributed by atoms with E-state index in [1.54, 1.807) is 0 Å². The second-order valence-electron chi connectivity index (χ2n) is 29.3. The van der Waals surface area contributed by atoms with Crippen molar-refractivity contribution in [2.24, 2.45) is 5.73 Å². The van der Waals surface area contributed by atoms with Crippen LogP contribution in [-0.4, -0.2) is 551 Å². The van der Waals surface area contributed by atoms with Gasteiger partial charge in [0, 0.05) is 0 Å². The van der Waals surface area contributed by atoms with Gasteiger partial charge in [-0.05, 0) is 0 Å². The maximum Gasteiger partial charge on any atom is 0.283 e. The zero-order chi connectivity index (χ0) is 86.0. The number of hydrogen-bond acceptors (Lipinski definition) is 52. The largest absolute Gasteiger partial charge is 0.394 e. The lowest BCUT2D eigenvalue weighted by atomic mass is 9.95. The molecule has 0 saturated carbocycles. The van der Waals surface area contributed by atoms with Crippen molar-refractivity contribution in [3.8, 4) is 0 Å². The van der Waals surface area contributed by atoms with Crippen LogP contribution in [-0.2, 0) is 94.7 Å². The van der Waals surface area contributed by atoms with Crippen LogP contribution < -0.4 is 5.73 Å². The van der Waals surface area contributed by atoms with Gasteiger partial charge in [0.25, 0.3) is 5.92 Å². The predicted molar refractivity (Wildman–Crippen MR) is 347 cm³/mol. The number of rotatable bonds is 32. The smallest absolute Gasteiger partial charge is 0.283 e. The zero-order valence-corrected chi connectivity index (χ0v) is 61.2. The van der Waals surface area contributed by atoms with E-state index in [0.717, 1.165) is 0 Å². The van der Waals surface area contributed by atoms with Crippen LogP contribution >= 0.6 is 0 Å². The Balaban J connectivity index is 0.891. The molecule has 0 radical (unpaired) electrons. The molecule has 10 rings (SSSR count). The molecule has 10 fully saturated rings. The maximum absolute atomic E-state index is 14.2. The van der Waals surface area contributed by atoms with E-state index in [0.29, 0.717) is 0 Å². The van der Waals surface area contributed by atoms with Gasteiger partial charge in [0.2, 0.25) is 0 Å². The summed E-state index contributed by atoms with van der Waals surface area (Å²) in [7, 11) is 0. The Kier molecular flexibility index (Phi) is 34.8. The van der Waals surface area contributed by atoms with Gasteiger partial charge < -0.3 is 259 Å². The van der Waals surface area contributed by atoms with E-state index < -0.39 is 392 Å². The molecule has 10 aliphatic heterocycles. The molecule has 20 unspecified atom stereocenters. The monoisotopic (exact) mass is 1730 g/mol. The standard InChI is InChI=1S/C63H107F2NO51/c64-63(65,11-66)12-98-53-40(94)44(29(83)19(7-73)99-53)109-55-42(96)46(31(85)21(9-75)101-55)111-59-51(37(91)27(81)15(3-69)105-59)116-62-52(38(92)28(82)18(6-72)108-62)117-61-49(35(89)25(79)17(5-71)107-61)114-57-41(95)45(30(84)20(8-74)103-57)110-56-43(97)47(32(86)22(10-76)102-56)112-58-50(36(90)26(80)14(2-68)104-58)115-60-48(34(88)24(78)16(4-70)106-60)113-54-39(93)33(87)23(77)13(1-67)100-54/h13-62,67-97H,1-12,66H2/t13?,14?,15?,16?,17?,18?,19?,20?,21?,22?,23-,24-,25-,26-,27-,28-,29-,30-,31-,32-,33+,34+,35+,36+,37+,38+,39?,40?,41?,42?,43?,44+,45+,46+,47+,48?,49?,50?,51?,52?,53+,54-,55-,56-,57-,58-,59-,60-,61-,62-/m1/s1. The molecular formula is C63H107F2NO51. The summed E-state index contributed by atoms with van der Waals surface area (Å²) < 4.78 is 143. The van der Waals surface area contributed by atoms with Gasteiger partial charge in [-0.2, -0.15) is 0 Å². The highest BCUT2D eigenvalue weighted by atomic mass is 19.3. The summed E-state index contributed by atoms with van der Waals surface area (Å²) in [6.45, 7) is -14.3. The fourth-order valence-electron chi connectivity index (χ4n) is 14.7. The molecule has 10 aliphatic rings. The molecule has 0 aromatic carbocycles. The number of aliphatic hydroxyl groups is 31. The summed E-state index contributed by atoms with van der Waals surface area (Å²) in [6, 6.07) is 0. The first-order chi connectivity index (χ1) is 55.4. The average molecular weight is 1730 g/mol. The number of alkyl halides is 2. The van der Waals surface area contributed by atoms with E-state index in [4.69, 9.17) is 100 Å². The third-order valence-corrected chi connectivity index (χ3v) is 21.6. The third-order valence-electron chi connectivity index (χ3n) is 21.6. The number of ether oxygens (including phenoxy) is 20. The molecule has 0 aliphatic carbocycles. The first-order valence-electron chi connectivity index (χ1n) is 37.0. The molecule has 54 heteroatoms. The fraction of sp³-hybridized carbons (Fsp3) is 1.00. The minimum atomic E-state index is -3.71. The Labute approximate surface area is 658 Å². The van der Waals surface area contributed by atoms with Gasteiger partial charge in [-0.25, -0.2) is 8.78 Å². The van der Waals surface area contributed by atoms with Crippen LogP contribution in [0, 0.1) is 0 Å². The minimum absolute atomic E-state index is 0.991. The van der Waals surface area contributed by atoms with Crippen molar-refractivity contribution >= 4 is 0 Å². The van der Waals surface area contributed by atoms with Crippen molar-refractivity contribution in [3.05, 3.63) is 0 Å². The molecule has 10 saturated heterocycles. The van der Waals surface area contributed by atoms with Gasteiger partial charge in [0.1, 0.15) is 251 Å². The number of hydrogen-bond donors (Lipinski definition) is 32. The lowest BCUT2D eigenvalue weighted by Crippen LogP contribution is -2.69. The maximum atomic E-state index is 14.2. The van der Waals surface area contributed by atoms with Crippen molar-refractivity contribution in [3.63, 3.8) is 0 Å². The van der Waals surface area contributed by atoms with E-state index in [9.17, 15) is 167 Å². The van der Waals surface area contributed by atoms with E-state index in [1.807, 2.05) is 0 Å². The Morgan fingerprint density at radius 2 is 0.359 bits per heavy atom. The fourth-order valence-corrected chi connectivity index (χ4v) is 14.7. The van der Waals surface area contributed by atoms with Gasteiger partial charge in [0.15, 0.2) is 62.9 Å². The topological polar surface area (TPSA) is 838 Å². The van der Waals surface area contributed by atoms with Gasteiger partial charge in [-0.3, -0.25) is 0 Å². The quantitative estimate of drug-likeness (QED) is 0.0297. The van der Waals surface area contributed by atoms with Crippen molar-refractivity contribution in [2.45, 2.75) is 313 Å². The SMILES string of the molecule is NCC(F)(F)CO[C@H]1OC(CO)[C@@H](O)[C@H](O[C@H]2OC(CO)[C@@H](O)[C@H](O[C@H]3OC(CO)[C@@H](O)[C@H](O)C3O[C@H]3OC(CO)[C@@H](O)[C@H](O)C3O[C@H]3OC(CO)[C@@H](O)[C@H](O)C3O[C@H]3OC(CO)[C@@H](O)[C@H](O[C@H]4OC(CO)[C@@H](O)[C@H](O[C@H]5OC(CO)[C@@H](O)[C@H](O)C5O[C@H]5OC(CO)[C@@H](O)[C@H](O)C5O[C@H]5OC(CO)[C@@H](O)[C@H](O)C5O)C4O)C3O)C2O)C1O. The Hall–Kier alpha value is -2.22. The first-order valence-corrected chi connectivity index (χ1v) is 37.0. The van der Waals surface area contributed by atoms with Crippen molar-refractivity contribution in [1.82, 2.24) is 0 Å². The van der Waals surface area contributed by atoms with Crippen LogP contribution in [0.25, 0.3) is 0 Å². The molecule has 33 N–H and O–H groups in total. The molecular weight excluding hydrogens is 1620 g/mol. The van der Waals surface area contributed by atoms with E-state index in [1.165, 1.54) is 0 Å². The molecule has 10 heterocycles. The van der Waals surface area contributed by atoms with Crippen molar-refractivity contribution in [2.75, 3.05) is 79.2 Å². The molecule has 50 atom stereocenters. The molecule has 0 bridgehead atoms. The average Bonchev–Trinajstić information content (AvgIpc) is 0.772. The molecule has 117 heavy (non-hydrogen) atoms. The first kappa shape index (κ1) is 97.0. The highest BCUT2D eigenvalue weighted by molar-refractivity contribution is 5.04. The van der Waals surface area contributed by atoms with Crippen LogP contribution in [0.15, 0.2) is 0 Å². The van der Waals surface area contributed by atoms with Gasteiger partial charge in [-0.15, -0.1) is 0 Å². The number of halogens is 2. The molecule has 0 aromatic rings. The number of nitrogens with two attached hydrogens (primary N) is 1. The summed E-state index contributed by atoms with van der Waals surface area (Å²) in [4.78, 5) is 0. The molecule has 52 nitrogen and oxygen atoms in total. The van der Waals surface area contributed by atoms with Crippen LogP contribution in [0.1, 0.15) is 0 Å². The van der Waals surface area contributed by atoms with Crippen LogP contribution in [0.5, 0.6) is 0 Å². The second kappa shape index (κ2) is 41.9. The van der Waals surface area contributed by atoms with Crippen LogP contribution in [0.4, 0.5) is 8.78 Å². The number of aliphatic hydroxyl groups excluding tert-OH is 31. The highest BCUT2D eigenvalue weighted by Crippen LogP contribution is 2.42. The summed E-state index contributed by atoms with van der Waals surface area (Å²) in [5.41, 5.74) is 5.08. The summed E-state index contributed by atoms with van der Waals surface area (Å²) in [5.74, 6) is -3.71. The van der Waals surface area contributed by atoms with Crippen LogP contribution in [0.3, 0.4) is 0 Å². The molecule has 0 amide bonds. The summed E-state index contributed by atoms with van der Waals surface area (Å²) >= 11 is 0. The summed E-state index contributed by atoms with van der Waals surface area (Å²) in [6.07, 6.45) is -111. The zero-order valence-electron chi connectivity index (χ0n) is 61.2. The lowest BCUT2D eigenvalue weighted by Gasteiger charge is -2.51. The van der Waals surface area contributed by atoms with E-state index >= 15 is 0 Å². The Morgan fingerprint density at radius 3 is 0.581 bits per heavy atom. The Morgan fingerprint density at radius 1 is 0.197 bits per heavy atom. The third kappa shape index (κ3) is 20.6. The molecule has 684 valence electrons. The highest BCUT2D eigenvalue weighted by Gasteiger charge is 2.62.